The van der Waals surface area contributed by atoms with Gasteiger partial charge >= 0.3 is 0 Å². The maximum Gasteiger partial charge on any atom is 0.183 e. The van der Waals surface area contributed by atoms with Crippen molar-refractivity contribution in [2.24, 2.45) is 0 Å². The highest BCUT2D eigenvalue weighted by molar-refractivity contribution is 7.16. The third-order valence-corrected chi connectivity index (χ3v) is 3.44. The van der Waals surface area contributed by atoms with Crippen LogP contribution in [0.25, 0.3) is 11.3 Å². The van der Waals surface area contributed by atoms with E-state index in [4.69, 9.17) is 0 Å². The zero-order chi connectivity index (χ0) is 12.4. The van der Waals surface area contributed by atoms with Gasteiger partial charge in [-0.1, -0.05) is 29.8 Å². The molecule has 1 aromatic carbocycles. The first-order valence-corrected chi connectivity index (χ1v) is 6.69. The Morgan fingerprint density at radius 2 is 1.76 bits per heavy atom. The molecule has 0 fully saturated rings. The molecule has 1 N–H and O–H groups in total. The number of hydrogen-bond acceptors (Lipinski definition) is 3. The van der Waals surface area contributed by atoms with Crippen molar-refractivity contribution in [3.05, 3.63) is 34.7 Å². The molecule has 2 nitrogen and oxygen atoms in total. The van der Waals surface area contributed by atoms with Gasteiger partial charge < -0.3 is 5.32 Å². The Balaban J connectivity index is 2.32. The predicted octanol–water partition coefficient (Wildman–Crippen LogP) is 4.25. The average Bonchev–Trinajstić information content (AvgIpc) is 2.59. The fraction of sp³-hybridized carbons (Fsp3) is 0.357. The van der Waals surface area contributed by atoms with Crippen LogP contribution in [0.4, 0.5) is 5.13 Å². The van der Waals surface area contributed by atoms with Crippen LogP contribution >= 0.6 is 11.3 Å². The molecule has 0 radical (unpaired) electrons. The van der Waals surface area contributed by atoms with E-state index >= 15 is 0 Å². The average molecular weight is 246 g/mol. The van der Waals surface area contributed by atoms with E-state index in [1.165, 1.54) is 16.0 Å². The van der Waals surface area contributed by atoms with Crippen molar-refractivity contribution >= 4 is 16.5 Å². The summed E-state index contributed by atoms with van der Waals surface area (Å²) in [6.07, 6.45) is 0. The normalized spacial score (nSPS) is 10.9. The van der Waals surface area contributed by atoms with Crippen LogP contribution in [0.5, 0.6) is 0 Å². The van der Waals surface area contributed by atoms with Crippen molar-refractivity contribution in [2.75, 3.05) is 5.32 Å². The molecule has 0 aliphatic heterocycles. The van der Waals surface area contributed by atoms with Gasteiger partial charge in [-0.3, -0.25) is 0 Å². The zero-order valence-corrected chi connectivity index (χ0v) is 11.6. The van der Waals surface area contributed by atoms with E-state index in [-0.39, 0.29) is 0 Å². The van der Waals surface area contributed by atoms with E-state index in [0.717, 1.165) is 10.8 Å². The van der Waals surface area contributed by atoms with Crippen LogP contribution in [0.1, 0.15) is 24.3 Å². The smallest absolute Gasteiger partial charge is 0.183 e. The van der Waals surface area contributed by atoms with Crippen molar-refractivity contribution in [2.45, 2.75) is 33.7 Å². The monoisotopic (exact) mass is 246 g/mol. The van der Waals surface area contributed by atoms with E-state index in [2.05, 4.69) is 62.3 Å². The van der Waals surface area contributed by atoms with E-state index < -0.39 is 0 Å². The summed E-state index contributed by atoms with van der Waals surface area (Å²) in [5.41, 5.74) is 3.57. The molecule has 0 amide bonds. The second-order valence-corrected chi connectivity index (χ2v) is 5.79. The van der Waals surface area contributed by atoms with E-state index in [1.54, 1.807) is 11.3 Å². The number of nitrogens with zero attached hydrogens (tertiary/aromatic N) is 1. The molecule has 0 aliphatic carbocycles. The molecule has 2 aromatic rings. The number of rotatable bonds is 3. The lowest BCUT2D eigenvalue weighted by atomic mass is 10.1. The largest absolute Gasteiger partial charge is 0.359 e. The van der Waals surface area contributed by atoms with Crippen molar-refractivity contribution < 1.29 is 0 Å². The summed E-state index contributed by atoms with van der Waals surface area (Å²) in [6, 6.07) is 8.95. The highest BCUT2D eigenvalue weighted by Gasteiger charge is 2.09. The van der Waals surface area contributed by atoms with Gasteiger partial charge in [0, 0.05) is 16.5 Å². The van der Waals surface area contributed by atoms with Crippen LogP contribution in [0, 0.1) is 13.8 Å². The van der Waals surface area contributed by atoms with Crippen LogP contribution in [0.2, 0.25) is 0 Å². The fourth-order valence-electron chi connectivity index (χ4n) is 1.68. The third-order valence-electron chi connectivity index (χ3n) is 2.53. The first kappa shape index (κ1) is 12.1. The Labute approximate surface area is 107 Å². The summed E-state index contributed by atoms with van der Waals surface area (Å²) >= 11 is 1.72. The second kappa shape index (κ2) is 4.88. The van der Waals surface area contributed by atoms with Gasteiger partial charge in [0.15, 0.2) is 5.13 Å². The first-order valence-electron chi connectivity index (χ1n) is 5.87. The van der Waals surface area contributed by atoms with Crippen molar-refractivity contribution in [3.63, 3.8) is 0 Å². The lowest BCUT2D eigenvalue weighted by Crippen LogP contribution is -2.08. The molecule has 90 valence electrons. The number of aromatic nitrogens is 1. The quantitative estimate of drug-likeness (QED) is 0.876. The Bertz CT molecular complexity index is 497. The van der Waals surface area contributed by atoms with E-state index in [9.17, 15) is 0 Å². The van der Waals surface area contributed by atoms with Crippen LogP contribution in [0.15, 0.2) is 24.3 Å². The lowest BCUT2D eigenvalue weighted by Gasteiger charge is -2.04. The highest BCUT2D eigenvalue weighted by atomic mass is 32.1. The van der Waals surface area contributed by atoms with Gasteiger partial charge in [-0.25, -0.2) is 4.98 Å². The standard InChI is InChI=1S/C14H18N2S/c1-9(2)15-14-16-13(11(4)17-14)12-7-5-10(3)6-8-12/h5-9H,1-4H3,(H,15,16). The predicted molar refractivity (Wildman–Crippen MR) is 75.8 cm³/mol. The number of nitrogens with one attached hydrogen (secondary N) is 1. The molecular weight excluding hydrogens is 228 g/mol. The molecule has 0 saturated carbocycles. The SMILES string of the molecule is Cc1ccc(-c2nc(NC(C)C)sc2C)cc1. The topological polar surface area (TPSA) is 24.9 Å². The first-order chi connectivity index (χ1) is 8.06. The summed E-state index contributed by atoms with van der Waals surface area (Å²) in [5, 5.41) is 4.36. The number of benzene rings is 1. The summed E-state index contributed by atoms with van der Waals surface area (Å²) in [4.78, 5) is 5.92. The third kappa shape index (κ3) is 2.86. The highest BCUT2D eigenvalue weighted by Crippen LogP contribution is 2.30. The summed E-state index contributed by atoms with van der Waals surface area (Å²) in [6.45, 7) is 8.48. The summed E-state index contributed by atoms with van der Waals surface area (Å²) in [5.74, 6) is 0. The Hall–Kier alpha value is -1.35. The van der Waals surface area contributed by atoms with Gasteiger partial charge in [-0.15, -0.1) is 11.3 Å². The van der Waals surface area contributed by atoms with Crippen LogP contribution in [-0.2, 0) is 0 Å². The lowest BCUT2D eigenvalue weighted by molar-refractivity contribution is 0.897. The van der Waals surface area contributed by atoms with Crippen LogP contribution in [0.3, 0.4) is 0 Å². The van der Waals surface area contributed by atoms with Gasteiger partial charge in [0.05, 0.1) is 5.69 Å². The van der Waals surface area contributed by atoms with Crippen molar-refractivity contribution in [3.8, 4) is 11.3 Å². The Kier molecular flexibility index (Phi) is 3.48. The minimum atomic E-state index is 0.423. The molecule has 0 bridgehead atoms. The molecule has 1 heterocycles. The summed E-state index contributed by atoms with van der Waals surface area (Å²) < 4.78 is 0. The molecule has 0 atom stereocenters. The maximum absolute atomic E-state index is 4.66. The molecule has 3 heteroatoms. The number of thiazole rings is 1. The molecule has 2 rings (SSSR count). The molecule has 0 spiro atoms. The molecule has 0 unspecified atom stereocenters. The zero-order valence-electron chi connectivity index (χ0n) is 10.7. The molecule has 0 saturated heterocycles. The number of aryl methyl sites for hydroxylation is 2. The minimum Gasteiger partial charge on any atom is -0.359 e. The number of anilines is 1. The minimum absolute atomic E-state index is 0.423. The van der Waals surface area contributed by atoms with Gasteiger partial charge in [-0.2, -0.15) is 0 Å². The molecular formula is C14H18N2S. The maximum atomic E-state index is 4.66. The molecule has 1 aromatic heterocycles. The molecule has 0 aliphatic rings. The fourth-order valence-corrected chi connectivity index (χ4v) is 2.67. The Morgan fingerprint density at radius 3 is 2.35 bits per heavy atom. The second-order valence-electron chi connectivity index (χ2n) is 4.59. The molecule has 17 heavy (non-hydrogen) atoms. The van der Waals surface area contributed by atoms with Gasteiger partial charge in [0.25, 0.3) is 0 Å². The summed E-state index contributed by atoms with van der Waals surface area (Å²) in [7, 11) is 0. The van der Waals surface area contributed by atoms with Crippen molar-refractivity contribution in [1.82, 2.24) is 4.98 Å². The number of hydrogen-bond donors (Lipinski definition) is 1. The van der Waals surface area contributed by atoms with E-state index in [0.29, 0.717) is 6.04 Å². The Morgan fingerprint density at radius 1 is 1.12 bits per heavy atom. The van der Waals surface area contributed by atoms with Crippen LogP contribution < -0.4 is 5.32 Å². The van der Waals surface area contributed by atoms with Gasteiger partial charge in [0.1, 0.15) is 0 Å². The van der Waals surface area contributed by atoms with Crippen LogP contribution in [-0.4, -0.2) is 11.0 Å². The van der Waals surface area contributed by atoms with Gasteiger partial charge in [0.2, 0.25) is 0 Å². The van der Waals surface area contributed by atoms with Gasteiger partial charge in [-0.05, 0) is 27.7 Å². The van der Waals surface area contributed by atoms with Crippen molar-refractivity contribution in [1.29, 1.82) is 0 Å². The van der Waals surface area contributed by atoms with E-state index in [1.807, 2.05) is 0 Å².